The van der Waals surface area contributed by atoms with E-state index < -0.39 is 28.5 Å². The molecule has 6 rings (SSSR count). The van der Waals surface area contributed by atoms with E-state index in [1.54, 1.807) is 12.4 Å². The van der Waals surface area contributed by atoms with Gasteiger partial charge in [0, 0.05) is 32.5 Å². The minimum absolute atomic E-state index is 0.0753. The highest BCUT2D eigenvalue weighted by Gasteiger charge is 2.48. The van der Waals surface area contributed by atoms with Crippen LogP contribution in [0.1, 0.15) is 61.5 Å². The third-order valence-electron chi connectivity index (χ3n) is 8.49. The zero-order valence-electron chi connectivity index (χ0n) is 22.4. The molecular formula is C29H31F3N6O2. The van der Waals surface area contributed by atoms with E-state index in [1.807, 2.05) is 29.8 Å². The molecule has 0 saturated heterocycles. The molecule has 3 aromatic heterocycles. The highest BCUT2D eigenvalue weighted by molar-refractivity contribution is 5.66. The number of halogens is 3. The first-order valence-corrected chi connectivity index (χ1v) is 13.5. The fraction of sp³-hybridized carbons (Fsp3) is 0.448. The van der Waals surface area contributed by atoms with Gasteiger partial charge in [0.2, 0.25) is 0 Å². The van der Waals surface area contributed by atoms with Crippen molar-refractivity contribution in [1.29, 1.82) is 0 Å². The Morgan fingerprint density at radius 1 is 1.20 bits per heavy atom. The molecule has 2 N–H and O–H groups in total. The highest BCUT2D eigenvalue weighted by atomic mass is 19.4. The molecule has 2 saturated carbocycles. The first kappa shape index (κ1) is 26.6. The van der Waals surface area contributed by atoms with Gasteiger partial charge in [0.05, 0.1) is 22.1 Å². The van der Waals surface area contributed by atoms with Crippen LogP contribution in [-0.4, -0.2) is 41.4 Å². The van der Waals surface area contributed by atoms with Crippen LogP contribution in [0.25, 0.3) is 16.8 Å². The molecule has 0 spiro atoms. The second kappa shape index (κ2) is 9.52. The zero-order valence-corrected chi connectivity index (χ0v) is 22.4. The lowest BCUT2D eigenvalue weighted by Gasteiger charge is -2.46. The minimum atomic E-state index is -4.70. The fourth-order valence-electron chi connectivity index (χ4n) is 6.32. The van der Waals surface area contributed by atoms with Gasteiger partial charge in [-0.25, -0.2) is 4.98 Å². The molecule has 3 heterocycles. The van der Waals surface area contributed by atoms with Crippen molar-refractivity contribution in [3.63, 3.8) is 0 Å². The lowest BCUT2D eigenvalue weighted by Crippen LogP contribution is -2.46. The van der Waals surface area contributed by atoms with Crippen LogP contribution in [-0.2, 0) is 25.2 Å². The van der Waals surface area contributed by atoms with E-state index in [1.165, 1.54) is 12.4 Å². The van der Waals surface area contributed by atoms with Gasteiger partial charge in [-0.05, 0) is 66.8 Å². The van der Waals surface area contributed by atoms with Gasteiger partial charge in [-0.2, -0.15) is 13.2 Å². The van der Waals surface area contributed by atoms with Crippen LogP contribution < -0.4 is 10.9 Å². The Morgan fingerprint density at radius 2 is 1.98 bits per heavy atom. The van der Waals surface area contributed by atoms with Crippen molar-refractivity contribution in [2.45, 2.75) is 62.8 Å². The molecule has 0 atom stereocenters. The largest absolute Gasteiger partial charge is 0.419 e. The van der Waals surface area contributed by atoms with Crippen molar-refractivity contribution in [3.8, 4) is 11.1 Å². The summed E-state index contributed by atoms with van der Waals surface area (Å²) in [6.07, 6.45) is 3.60. The van der Waals surface area contributed by atoms with Crippen molar-refractivity contribution in [1.82, 2.24) is 29.5 Å². The second-order valence-corrected chi connectivity index (χ2v) is 11.6. The highest BCUT2D eigenvalue weighted by Crippen LogP contribution is 2.51. The Bertz CT molecular complexity index is 1630. The third-order valence-corrected chi connectivity index (χ3v) is 8.49. The number of benzene rings is 1. The number of nitrogens with one attached hydrogen (secondary N) is 1. The molecule has 2 aliphatic rings. The molecule has 0 bridgehead atoms. The number of pyridine rings is 1. The van der Waals surface area contributed by atoms with Crippen LogP contribution in [0.4, 0.5) is 13.2 Å². The van der Waals surface area contributed by atoms with E-state index >= 15 is 0 Å². The summed E-state index contributed by atoms with van der Waals surface area (Å²) in [6, 6.07) is 8.56. The molecule has 0 radical (unpaired) electrons. The molecule has 0 amide bonds. The molecule has 4 aromatic rings. The van der Waals surface area contributed by atoms with E-state index in [2.05, 4.69) is 27.4 Å². The Kier molecular flexibility index (Phi) is 6.34. The first-order valence-electron chi connectivity index (χ1n) is 13.5. The maximum atomic E-state index is 14.0. The molecular weight excluding hydrogens is 521 g/mol. The van der Waals surface area contributed by atoms with E-state index in [4.69, 9.17) is 0 Å². The van der Waals surface area contributed by atoms with Crippen molar-refractivity contribution in [2.24, 2.45) is 13.0 Å². The fourth-order valence-corrected chi connectivity index (χ4v) is 6.32. The predicted octanol–water partition coefficient (Wildman–Crippen LogP) is 4.23. The molecule has 0 aliphatic heterocycles. The zero-order chi connectivity index (χ0) is 28.3. The third kappa shape index (κ3) is 4.50. The number of aliphatic hydroxyl groups is 1. The maximum Gasteiger partial charge on any atom is 0.419 e. The molecule has 2 aliphatic carbocycles. The molecule has 2 fully saturated rings. The molecule has 11 heteroatoms. The van der Waals surface area contributed by atoms with Gasteiger partial charge < -0.3 is 15.0 Å². The smallest absolute Gasteiger partial charge is 0.389 e. The van der Waals surface area contributed by atoms with Crippen LogP contribution in [0.15, 0.2) is 53.8 Å². The SMILES string of the molecule is CC1CC(c2cccc(-c3cnc4c(C(F)(F)F)cc(CNCC5(O)CCC5)cn4c3=O)c2)(c2nncn2C)C1. The standard InChI is InChI=1S/C29H31F3N6O2/c1-18-11-28(12-18,26-36-35-17-37(26)2)21-6-3-5-20(10-21)22-14-34-24-23(29(30,31)32)9-19(15-38(24)25(22)39)13-33-16-27(40)7-4-8-27/h3,5-6,9-10,14-15,17-18,33,40H,4,7-8,11-13,16H2,1-2H3. The second-order valence-electron chi connectivity index (χ2n) is 11.6. The summed E-state index contributed by atoms with van der Waals surface area (Å²) in [6.45, 7) is 2.53. The number of rotatable bonds is 7. The van der Waals surface area contributed by atoms with Crippen molar-refractivity contribution in [3.05, 3.63) is 81.9 Å². The summed E-state index contributed by atoms with van der Waals surface area (Å²) in [5, 5.41) is 21.8. The van der Waals surface area contributed by atoms with Crippen LogP contribution in [0, 0.1) is 5.92 Å². The van der Waals surface area contributed by atoms with Crippen LogP contribution in [0.3, 0.4) is 0 Å². The van der Waals surface area contributed by atoms with Gasteiger partial charge in [0.25, 0.3) is 5.56 Å². The normalized spacial score (nSPS) is 22.2. The molecule has 8 nitrogen and oxygen atoms in total. The number of hydrogen-bond acceptors (Lipinski definition) is 6. The number of aryl methyl sites for hydroxylation is 1. The summed E-state index contributed by atoms with van der Waals surface area (Å²) >= 11 is 0. The van der Waals surface area contributed by atoms with Crippen molar-refractivity contribution < 1.29 is 18.3 Å². The van der Waals surface area contributed by atoms with E-state index in [0.717, 1.165) is 41.1 Å². The number of fused-ring (bicyclic) bond motifs is 1. The summed E-state index contributed by atoms with van der Waals surface area (Å²) < 4.78 is 45.0. The topological polar surface area (TPSA) is 97.3 Å². The summed E-state index contributed by atoms with van der Waals surface area (Å²) in [5.41, 5.74) is -1.12. The Balaban J connectivity index is 1.41. The van der Waals surface area contributed by atoms with Gasteiger partial charge in [0.1, 0.15) is 12.2 Å². The minimum Gasteiger partial charge on any atom is -0.389 e. The number of alkyl halides is 3. The van der Waals surface area contributed by atoms with Gasteiger partial charge in [-0.1, -0.05) is 25.1 Å². The number of aromatic nitrogens is 5. The van der Waals surface area contributed by atoms with Crippen LogP contribution in [0.2, 0.25) is 0 Å². The van der Waals surface area contributed by atoms with Gasteiger partial charge in [-0.15, -0.1) is 10.2 Å². The molecule has 210 valence electrons. The Morgan fingerprint density at radius 3 is 2.60 bits per heavy atom. The quantitative estimate of drug-likeness (QED) is 0.356. The monoisotopic (exact) mass is 552 g/mol. The van der Waals surface area contributed by atoms with Crippen molar-refractivity contribution >= 4 is 5.65 Å². The van der Waals surface area contributed by atoms with Crippen LogP contribution in [0.5, 0.6) is 0 Å². The van der Waals surface area contributed by atoms with E-state index in [-0.39, 0.29) is 29.6 Å². The number of nitrogens with zero attached hydrogens (tertiary/aromatic N) is 5. The first-order chi connectivity index (χ1) is 19.0. The van der Waals surface area contributed by atoms with Gasteiger partial charge in [0.15, 0.2) is 5.65 Å². The summed E-state index contributed by atoms with van der Waals surface area (Å²) in [4.78, 5) is 17.8. The molecule has 0 unspecified atom stereocenters. The maximum absolute atomic E-state index is 14.0. The number of hydrogen-bond donors (Lipinski definition) is 2. The average Bonchev–Trinajstić information content (AvgIpc) is 3.31. The molecule has 40 heavy (non-hydrogen) atoms. The van der Waals surface area contributed by atoms with Gasteiger partial charge in [-0.3, -0.25) is 9.20 Å². The van der Waals surface area contributed by atoms with E-state index in [9.17, 15) is 23.1 Å². The Hall–Kier alpha value is -3.57. The molecule has 1 aromatic carbocycles. The summed E-state index contributed by atoms with van der Waals surface area (Å²) in [5.74, 6) is 1.33. The average molecular weight is 553 g/mol. The lowest BCUT2D eigenvalue weighted by molar-refractivity contribution is -0.136. The van der Waals surface area contributed by atoms with Crippen molar-refractivity contribution in [2.75, 3.05) is 6.54 Å². The van der Waals surface area contributed by atoms with Gasteiger partial charge >= 0.3 is 6.18 Å². The lowest BCUT2D eigenvalue weighted by atomic mass is 9.58. The van der Waals surface area contributed by atoms with Crippen LogP contribution >= 0.6 is 0 Å². The summed E-state index contributed by atoms with van der Waals surface area (Å²) in [7, 11) is 1.90. The Labute approximate surface area is 228 Å². The predicted molar refractivity (Wildman–Crippen MR) is 143 cm³/mol. The van der Waals surface area contributed by atoms with E-state index in [0.29, 0.717) is 24.3 Å².